The van der Waals surface area contributed by atoms with Crippen molar-refractivity contribution >= 4 is 11.8 Å². The molecule has 45 heavy (non-hydrogen) atoms. The molecule has 0 radical (unpaired) electrons. The molecular weight excluding hydrogens is 581 g/mol. The lowest BCUT2D eigenvalue weighted by molar-refractivity contribution is -0.138. The van der Waals surface area contributed by atoms with Crippen molar-refractivity contribution in [2.24, 2.45) is 4.99 Å². The van der Waals surface area contributed by atoms with Gasteiger partial charge >= 0.3 is 6.18 Å². The molecule has 2 atom stereocenters. The number of halogens is 3. The SMILES string of the molecule is C=CC[C@@]1(C(=O)NCc2ccccc2C(F)(F)F)N=C(c2ccc(OCCCO)cc2)O[C@@H]1c1ccc(-c2ccccc2)cc1. The van der Waals surface area contributed by atoms with Crippen molar-refractivity contribution in [2.75, 3.05) is 13.2 Å². The van der Waals surface area contributed by atoms with Crippen LogP contribution in [0.1, 0.15) is 41.2 Å². The van der Waals surface area contributed by atoms with Crippen LogP contribution < -0.4 is 10.1 Å². The van der Waals surface area contributed by atoms with Gasteiger partial charge in [-0.25, -0.2) is 4.99 Å². The van der Waals surface area contributed by atoms with Crippen molar-refractivity contribution in [3.63, 3.8) is 0 Å². The lowest BCUT2D eigenvalue weighted by Crippen LogP contribution is -2.47. The highest BCUT2D eigenvalue weighted by molar-refractivity contribution is 6.01. The standard InChI is InChI=1S/C36H33F3N2O4/c1-2-21-35(34(43)40-24-29-11-6-7-12-31(29)36(37,38)39)32(27-15-13-26(14-16-27)25-9-4-3-5-10-25)45-33(41-35)28-17-19-30(20-18-28)44-23-8-22-42/h2-7,9-20,32,42H,1,8,21-24H2,(H,40,43)/t32-,35-/m1/s1. The van der Waals surface area contributed by atoms with Crippen LogP contribution in [0.25, 0.3) is 11.1 Å². The number of nitrogens with zero attached hydrogens (tertiary/aromatic N) is 1. The summed E-state index contributed by atoms with van der Waals surface area (Å²) >= 11 is 0. The molecule has 4 aromatic carbocycles. The molecule has 0 aliphatic carbocycles. The third-order valence-corrected chi connectivity index (χ3v) is 7.57. The van der Waals surface area contributed by atoms with E-state index in [1.165, 1.54) is 18.2 Å². The first-order valence-corrected chi connectivity index (χ1v) is 14.6. The molecule has 0 saturated carbocycles. The zero-order valence-corrected chi connectivity index (χ0v) is 24.5. The molecule has 0 aromatic heterocycles. The Balaban J connectivity index is 1.49. The van der Waals surface area contributed by atoms with Crippen molar-refractivity contribution in [3.8, 4) is 16.9 Å². The van der Waals surface area contributed by atoms with Gasteiger partial charge in [0.05, 0.1) is 12.2 Å². The Morgan fingerprint density at radius 3 is 2.24 bits per heavy atom. The molecule has 0 unspecified atom stereocenters. The summed E-state index contributed by atoms with van der Waals surface area (Å²) in [4.78, 5) is 18.9. The normalized spacial score (nSPS) is 17.7. The second-order valence-corrected chi connectivity index (χ2v) is 10.6. The van der Waals surface area contributed by atoms with Crippen molar-refractivity contribution < 1.29 is 32.5 Å². The molecule has 4 aromatic rings. The van der Waals surface area contributed by atoms with Crippen molar-refractivity contribution in [1.29, 1.82) is 0 Å². The first kappa shape index (κ1) is 31.5. The Morgan fingerprint density at radius 1 is 0.933 bits per heavy atom. The highest BCUT2D eigenvalue weighted by atomic mass is 19.4. The van der Waals surface area contributed by atoms with Gasteiger partial charge in [0.15, 0.2) is 11.6 Å². The molecule has 0 spiro atoms. The molecule has 0 saturated heterocycles. The van der Waals surface area contributed by atoms with E-state index in [2.05, 4.69) is 11.9 Å². The maximum atomic E-state index is 14.1. The Kier molecular flexibility index (Phi) is 9.68. The summed E-state index contributed by atoms with van der Waals surface area (Å²) in [5.41, 5.74) is 0.835. The van der Waals surface area contributed by atoms with Gasteiger partial charge < -0.3 is 19.9 Å². The molecule has 0 fully saturated rings. The number of alkyl halides is 3. The second-order valence-electron chi connectivity index (χ2n) is 10.6. The van der Waals surface area contributed by atoms with Crippen molar-refractivity contribution in [2.45, 2.75) is 37.2 Å². The largest absolute Gasteiger partial charge is 0.494 e. The van der Waals surface area contributed by atoms with Crippen LogP contribution in [0.4, 0.5) is 13.2 Å². The molecule has 232 valence electrons. The van der Waals surface area contributed by atoms with Crippen molar-refractivity contribution in [1.82, 2.24) is 5.32 Å². The van der Waals surface area contributed by atoms with Gasteiger partial charge in [-0.15, -0.1) is 6.58 Å². The topological polar surface area (TPSA) is 80.2 Å². The van der Waals surface area contributed by atoms with Gasteiger partial charge in [0.1, 0.15) is 5.75 Å². The fraction of sp³-hybridized carbons (Fsp3) is 0.222. The fourth-order valence-electron chi connectivity index (χ4n) is 5.30. The first-order valence-electron chi connectivity index (χ1n) is 14.6. The van der Waals surface area contributed by atoms with E-state index in [-0.39, 0.29) is 31.0 Å². The predicted octanol–water partition coefficient (Wildman–Crippen LogP) is 7.28. The zero-order chi connectivity index (χ0) is 31.9. The number of rotatable bonds is 12. The highest BCUT2D eigenvalue weighted by Gasteiger charge is 2.52. The summed E-state index contributed by atoms with van der Waals surface area (Å²) in [7, 11) is 0. The average Bonchev–Trinajstić information content (AvgIpc) is 3.45. The van der Waals surface area contributed by atoms with E-state index < -0.39 is 29.3 Å². The Labute approximate surface area is 259 Å². The highest BCUT2D eigenvalue weighted by Crippen LogP contribution is 2.43. The summed E-state index contributed by atoms with van der Waals surface area (Å²) in [5, 5.41) is 11.7. The number of hydrogen-bond donors (Lipinski definition) is 2. The van der Waals surface area contributed by atoms with E-state index in [9.17, 15) is 18.0 Å². The first-order chi connectivity index (χ1) is 21.7. The van der Waals surface area contributed by atoms with Crippen LogP contribution in [0.15, 0.2) is 121 Å². The lowest BCUT2D eigenvalue weighted by Gasteiger charge is -2.30. The number of carbonyl (C=O) groups is 1. The molecule has 0 bridgehead atoms. The van der Waals surface area contributed by atoms with Gasteiger partial charge in [-0.1, -0.05) is 78.9 Å². The lowest BCUT2D eigenvalue weighted by atomic mass is 9.84. The van der Waals surface area contributed by atoms with Crippen LogP contribution in [-0.4, -0.2) is 35.7 Å². The number of ether oxygens (including phenoxy) is 2. The number of aliphatic hydroxyl groups is 1. The predicted molar refractivity (Wildman–Crippen MR) is 167 cm³/mol. The minimum atomic E-state index is -4.57. The molecule has 6 nitrogen and oxygen atoms in total. The summed E-state index contributed by atoms with van der Waals surface area (Å²) in [5.74, 6) is 0.217. The number of benzene rings is 4. The minimum absolute atomic E-state index is 0.0195. The number of aliphatic imine (C=N–C) groups is 1. The van der Waals surface area contributed by atoms with Gasteiger partial charge in [-0.05, 0) is 52.6 Å². The molecule has 9 heteroatoms. The number of nitrogens with one attached hydrogen (secondary N) is 1. The summed E-state index contributed by atoms with van der Waals surface area (Å²) < 4.78 is 53.1. The van der Waals surface area contributed by atoms with Gasteiger partial charge in [-0.3, -0.25) is 4.79 Å². The van der Waals surface area contributed by atoms with Gasteiger partial charge in [-0.2, -0.15) is 13.2 Å². The van der Waals surface area contributed by atoms with Crippen molar-refractivity contribution in [3.05, 3.63) is 138 Å². The molecule has 2 N–H and O–H groups in total. The third-order valence-electron chi connectivity index (χ3n) is 7.57. The number of hydrogen-bond acceptors (Lipinski definition) is 5. The molecule has 1 heterocycles. The van der Waals surface area contributed by atoms with Crippen LogP contribution in [0.5, 0.6) is 5.75 Å². The quantitative estimate of drug-likeness (QED) is 0.130. The van der Waals surface area contributed by atoms with Gasteiger partial charge in [0.2, 0.25) is 5.90 Å². The van der Waals surface area contributed by atoms with E-state index >= 15 is 0 Å². The number of aliphatic hydroxyl groups excluding tert-OH is 1. The molecule has 1 amide bonds. The van der Waals surface area contributed by atoms with E-state index in [4.69, 9.17) is 19.6 Å². The number of carbonyl (C=O) groups excluding carboxylic acids is 1. The smallest absolute Gasteiger partial charge is 0.416 e. The maximum Gasteiger partial charge on any atom is 0.416 e. The fourth-order valence-corrected chi connectivity index (χ4v) is 5.30. The van der Waals surface area contributed by atoms with Crippen LogP contribution in [-0.2, 0) is 22.3 Å². The molecule has 1 aliphatic heterocycles. The maximum absolute atomic E-state index is 14.1. The Hall–Kier alpha value is -4.89. The van der Waals surface area contributed by atoms with E-state index in [1.807, 2.05) is 54.6 Å². The van der Waals surface area contributed by atoms with Crippen LogP contribution in [0, 0.1) is 0 Å². The van der Waals surface area contributed by atoms with Crippen LogP contribution in [0.2, 0.25) is 0 Å². The number of amides is 1. The van der Waals surface area contributed by atoms with E-state index in [0.717, 1.165) is 17.2 Å². The minimum Gasteiger partial charge on any atom is -0.494 e. The third kappa shape index (κ3) is 7.10. The molecule has 5 rings (SSSR count). The van der Waals surface area contributed by atoms with Crippen LogP contribution >= 0.6 is 0 Å². The molecule has 1 aliphatic rings. The second kappa shape index (κ2) is 13.8. The summed E-state index contributed by atoms with van der Waals surface area (Å²) in [6.45, 7) is 3.88. The van der Waals surface area contributed by atoms with E-state index in [0.29, 0.717) is 29.9 Å². The molecular formula is C36H33F3N2O4. The Bertz CT molecular complexity index is 1640. The zero-order valence-electron chi connectivity index (χ0n) is 24.5. The summed E-state index contributed by atoms with van der Waals surface area (Å²) in [6, 6.07) is 29.5. The van der Waals surface area contributed by atoms with Gasteiger partial charge in [0.25, 0.3) is 5.91 Å². The van der Waals surface area contributed by atoms with Crippen LogP contribution in [0.3, 0.4) is 0 Å². The summed E-state index contributed by atoms with van der Waals surface area (Å²) in [6.07, 6.45) is -3.35. The monoisotopic (exact) mass is 614 g/mol. The Morgan fingerprint density at radius 2 is 1.58 bits per heavy atom. The van der Waals surface area contributed by atoms with E-state index in [1.54, 1.807) is 30.3 Å². The average molecular weight is 615 g/mol. The van der Waals surface area contributed by atoms with Gasteiger partial charge in [0, 0.05) is 31.6 Å².